The highest BCUT2D eigenvalue weighted by Gasteiger charge is 2.15. The molecular weight excluding hydrogens is 328 g/mol. The molecule has 0 aliphatic carbocycles. The minimum absolute atomic E-state index is 0.280. The Labute approximate surface area is 156 Å². The van der Waals surface area contributed by atoms with E-state index in [0.29, 0.717) is 12.4 Å². The van der Waals surface area contributed by atoms with Gasteiger partial charge in [0, 0.05) is 32.2 Å². The molecule has 0 atom stereocenters. The second-order valence-electron chi connectivity index (χ2n) is 6.85. The number of aliphatic imine (C=N–C) groups is 1. The van der Waals surface area contributed by atoms with Crippen LogP contribution in [0.1, 0.15) is 32.0 Å². The smallest absolute Gasteiger partial charge is 0.226 e. The van der Waals surface area contributed by atoms with Gasteiger partial charge in [0.25, 0.3) is 0 Å². The number of aryl methyl sites for hydroxylation is 1. The number of benzene rings is 1. The maximum atomic E-state index is 5.60. The number of rotatable bonds is 8. The molecule has 142 valence electrons. The Hall–Kier alpha value is -2.34. The topological polar surface area (TPSA) is 71.7 Å². The van der Waals surface area contributed by atoms with Crippen LogP contribution < -0.4 is 10.6 Å². The third-order valence-electron chi connectivity index (χ3n) is 4.04. The van der Waals surface area contributed by atoms with Gasteiger partial charge in [-0.05, 0) is 39.8 Å². The maximum Gasteiger partial charge on any atom is 0.226 e. The Kier molecular flexibility index (Phi) is 7.21. The summed E-state index contributed by atoms with van der Waals surface area (Å²) in [5.41, 5.74) is 2.85. The molecule has 0 amide bonds. The van der Waals surface area contributed by atoms with E-state index in [4.69, 9.17) is 9.15 Å². The third kappa shape index (κ3) is 6.19. The van der Waals surface area contributed by atoms with Gasteiger partial charge in [-0.15, -0.1) is 0 Å². The first-order valence-corrected chi connectivity index (χ1v) is 9.02. The first kappa shape index (κ1) is 20.0. The zero-order valence-electron chi connectivity index (χ0n) is 16.4. The second-order valence-corrected chi connectivity index (χ2v) is 6.85. The van der Waals surface area contributed by atoms with E-state index < -0.39 is 0 Å². The number of nitrogens with zero attached hydrogens (tertiary/aromatic N) is 2. The molecule has 6 heteroatoms. The molecule has 0 bridgehead atoms. The predicted octanol–water partition coefficient (Wildman–Crippen LogP) is 3.17. The van der Waals surface area contributed by atoms with E-state index in [0.717, 1.165) is 36.7 Å². The molecule has 2 rings (SSSR count). The predicted molar refractivity (Wildman–Crippen MR) is 105 cm³/mol. The van der Waals surface area contributed by atoms with Crippen LogP contribution in [0.2, 0.25) is 0 Å². The molecule has 2 aromatic rings. The molecule has 0 saturated carbocycles. The van der Waals surface area contributed by atoms with Gasteiger partial charge in [0.2, 0.25) is 5.89 Å². The van der Waals surface area contributed by atoms with Gasteiger partial charge in [-0.1, -0.05) is 17.7 Å². The average molecular weight is 358 g/mol. The van der Waals surface area contributed by atoms with E-state index in [2.05, 4.69) is 39.7 Å². The Morgan fingerprint density at radius 3 is 2.62 bits per heavy atom. The lowest BCUT2D eigenvalue weighted by Crippen LogP contribution is -2.40. The molecule has 0 fully saturated rings. The molecule has 2 N–H and O–H groups in total. The fourth-order valence-corrected chi connectivity index (χ4v) is 2.24. The molecule has 26 heavy (non-hydrogen) atoms. The normalized spacial score (nSPS) is 12.3. The molecule has 0 unspecified atom stereocenters. The molecule has 1 heterocycles. The first-order chi connectivity index (χ1) is 12.4. The standard InChI is InChI=1S/C20H30N4O2/c1-6-21-19(23-14-20(3,4)25-5)22-12-11-17-13-26-18(24-17)16-9-7-15(2)8-10-16/h7-10,13H,6,11-12,14H2,1-5H3,(H2,21,22,23). The van der Waals surface area contributed by atoms with Crippen molar-refractivity contribution in [2.24, 2.45) is 4.99 Å². The summed E-state index contributed by atoms with van der Waals surface area (Å²) in [4.78, 5) is 9.14. The van der Waals surface area contributed by atoms with Crippen LogP contribution in [0.15, 0.2) is 39.9 Å². The average Bonchev–Trinajstić information content (AvgIpc) is 3.09. The summed E-state index contributed by atoms with van der Waals surface area (Å²) in [5.74, 6) is 1.43. The lowest BCUT2D eigenvalue weighted by Gasteiger charge is -2.21. The number of hydrogen-bond donors (Lipinski definition) is 2. The van der Waals surface area contributed by atoms with E-state index in [1.54, 1.807) is 13.4 Å². The van der Waals surface area contributed by atoms with E-state index in [9.17, 15) is 0 Å². The Balaban J connectivity index is 1.89. The number of methoxy groups -OCH3 is 1. The molecule has 0 saturated heterocycles. The second kappa shape index (κ2) is 9.38. The fraction of sp³-hybridized carbons (Fsp3) is 0.500. The van der Waals surface area contributed by atoms with Crippen molar-refractivity contribution < 1.29 is 9.15 Å². The number of oxazole rings is 1. The van der Waals surface area contributed by atoms with Gasteiger partial charge in [-0.25, -0.2) is 4.98 Å². The highest BCUT2D eigenvalue weighted by molar-refractivity contribution is 5.79. The Bertz CT molecular complexity index is 705. The molecule has 6 nitrogen and oxygen atoms in total. The lowest BCUT2D eigenvalue weighted by atomic mass is 10.1. The van der Waals surface area contributed by atoms with Crippen LogP contribution in [0.5, 0.6) is 0 Å². The zero-order chi connectivity index (χ0) is 19.0. The number of nitrogens with one attached hydrogen (secondary N) is 2. The summed E-state index contributed by atoms with van der Waals surface area (Å²) in [6.45, 7) is 10.3. The van der Waals surface area contributed by atoms with Crippen molar-refractivity contribution in [3.8, 4) is 11.5 Å². The van der Waals surface area contributed by atoms with Gasteiger partial charge in [0.15, 0.2) is 5.96 Å². The van der Waals surface area contributed by atoms with Crippen molar-refractivity contribution in [2.45, 2.75) is 39.7 Å². The SMILES string of the molecule is CCNC(=NCC(C)(C)OC)NCCc1coc(-c2ccc(C)cc2)n1. The van der Waals surface area contributed by atoms with E-state index in [1.807, 2.05) is 32.9 Å². The molecule has 1 aromatic heterocycles. The van der Waals surface area contributed by atoms with Crippen molar-refractivity contribution in [1.82, 2.24) is 15.6 Å². The minimum atomic E-state index is -0.280. The van der Waals surface area contributed by atoms with E-state index >= 15 is 0 Å². The van der Waals surface area contributed by atoms with Crippen molar-refractivity contribution in [3.05, 3.63) is 41.8 Å². The molecule has 1 aromatic carbocycles. The van der Waals surface area contributed by atoms with Gasteiger partial charge in [0.1, 0.15) is 6.26 Å². The van der Waals surface area contributed by atoms with Crippen molar-refractivity contribution in [1.29, 1.82) is 0 Å². The van der Waals surface area contributed by atoms with Gasteiger partial charge >= 0.3 is 0 Å². The summed E-state index contributed by atoms with van der Waals surface area (Å²) >= 11 is 0. The van der Waals surface area contributed by atoms with Crippen LogP contribution in [0, 0.1) is 6.92 Å². The van der Waals surface area contributed by atoms with Crippen LogP contribution in [0.3, 0.4) is 0 Å². The molecular formula is C20H30N4O2. The summed E-state index contributed by atoms with van der Waals surface area (Å²) in [6.07, 6.45) is 2.47. The first-order valence-electron chi connectivity index (χ1n) is 9.02. The number of ether oxygens (including phenoxy) is 1. The Morgan fingerprint density at radius 1 is 1.23 bits per heavy atom. The number of hydrogen-bond acceptors (Lipinski definition) is 4. The minimum Gasteiger partial charge on any atom is -0.444 e. The summed E-state index contributed by atoms with van der Waals surface area (Å²) in [5, 5.41) is 6.57. The number of aromatic nitrogens is 1. The van der Waals surface area contributed by atoms with Crippen LogP contribution in [0.4, 0.5) is 0 Å². The van der Waals surface area contributed by atoms with Crippen LogP contribution in [0.25, 0.3) is 11.5 Å². The van der Waals surface area contributed by atoms with E-state index in [-0.39, 0.29) is 5.60 Å². The highest BCUT2D eigenvalue weighted by atomic mass is 16.5. The van der Waals surface area contributed by atoms with Crippen molar-refractivity contribution >= 4 is 5.96 Å². The number of guanidine groups is 1. The quantitative estimate of drug-likeness (QED) is 0.560. The van der Waals surface area contributed by atoms with Crippen molar-refractivity contribution in [2.75, 3.05) is 26.7 Å². The molecule has 0 aliphatic rings. The molecule has 0 aliphatic heterocycles. The largest absolute Gasteiger partial charge is 0.444 e. The summed E-state index contributed by atoms with van der Waals surface area (Å²) in [6, 6.07) is 8.16. The fourth-order valence-electron chi connectivity index (χ4n) is 2.24. The highest BCUT2D eigenvalue weighted by Crippen LogP contribution is 2.19. The van der Waals surface area contributed by atoms with Crippen LogP contribution in [-0.4, -0.2) is 43.3 Å². The Morgan fingerprint density at radius 2 is 1.96 bits per heavy atom. The molecule has 0 spiro atoms. The van der Waals surface area contributed by atoms with Crippen molar-refractivity contribution in [3.63, 3.8) is 0 Å². The zero-order valence-corrected chi connectivity index (χ0v) is 16.4. The van der Waals surface area contributed by atoms with Gasteiger partial charge in [-0.3, -0.25) is 4.99 Å². The van der Waals surface area contributed by atoms with Gasteiger partial charge < -0.3 is 19.8 Å². The molecule has 0 radical (unpaired) electrons. The monoisotopic (exact) mass is 358 g/mol. The van der Waals surface area contributed by atoms with Crippen LogP contribution >= 0.6 is 0 Å². The lowest BCUT2D eigenvalue weighted by molar-refractivity contribution is 0.0310. The van der Waals surface area contributed by atoms with Crippen LogP contribution in [-0.2, 0) is 11.2 Å². The maximum absolute atomic E-state index is 5.60. The third-order valence-corrected chi connectivity index (χ3v) is 4.04. The summed E-state index contributed by atoms with van der Waals surface area (Å²) < 4.78 is 11.0. The summed E-state index contributed by atoms with van der Waals surface area (Å²) in [7, 11) is 1.70. The van der Waals surface area contributed by atoms with E-state index in [1.165, 1.54) is 5.56 Å². The van der Waals surface area contributed by atoms with Gasteiger partial charge in [-0.2, -0.15) is 0 Å². The van der Waals surface area contributed by atoms with Gasteiger partial charge in [0.05, 0.1) is 17.8 Å².